The number of hydrogen-bond acceptors (Lipinski definition) is 5. The van der Waals surface area contributed by atoms with Crippen LogP contribution in [0.1, 0.15) is 39.5 Å². The van der Waals surface area contributed by atoms with Crippen LogP contribution in [-0.2, 0) is 0 Å². The monoisotopic (exact) mass is 409 g/mol. The van der Waals surface area contributed by atoms with E-state index < -0.39 is 6.17 Å². The van der Waals surface area contributed by atoms with Gasteiger partial charge >= 0.3 is 0 Å². The summed E-state index contributed by atoms with van der Waals surface area (Å²) in [6.07, 6.45) is 7.48. The largest absolute Gasteiger partial charge is 0.507 e. The number of alkyl halides is 1. The lowest BCUT2D eigenvalue weighted by atomic mass is 9.70. The van der Waals surface area contributed by atoms with E-state index in [1.165, 1.54) is 0 Å². The van der Waals surface area contributed by atoms with Crippen LogP contribution in [0, 0.1) is 5.41 Å². The van der Waals surface area contributed by atoms with Gasteiger partial charge in [-0.1, -0.05) is 13.8 Å². The van der Waals surface area contributed by atoms with Crippen molar-refractivity contribution in [2.45, 2.75) is 51.7 Å². The van der Waals surface area contributed by atoms with Gasteiger partial charge in [0, 0.05) is 42.5 Å². The lowest BCUT2D eigenvalue weighted by Gasteiger charge is -2.43. The number of phenols is 1. The smallest absolute Gasteiger partial charge is 0.151 e. The molecule has 4 rings (SSSR count). The summed E-state index contributed by atoms with van der Waals surface area (Å²) < 4.78 is 16.2. The minimum atomic E-state index is -0.742. The molecule has 1 aliphatic carbocycles. The molecule has 3 aromatic rings. The molecule has 30 heavy (non-hydrogen) atoms. The van der Waals surface area contributed by atoms with Crippen molar-refractivity contribution in [3.05, 3.63) is 49.1 Å². The van der Waals surface area contributed by atoms with Gasteiger partial charge in [-0.15, -0.1) is 10.2 Å². The molecule has 1 N–H and O–H groups in total. The van der Waals surface area contributed by atoms with E-state index in [1.807, 2.05) is 49.0 Å². The quantitative estimate of drug-likeness (QED) is 0.657. The standard InChI is InChI=1S/C23H28FN5O/c1-4-23(2)14-17(6-9-21(23)24)28(3)22-10-8-19(26-27-22)18-7-5-16(13-20(18)30)29-12-11-25-15-29/h5,7-8,10-13,15,17,21,30H,4,6,9,14H2,1-3H3/t17-,21-,23-/m0/s1. The average Bonchev–Trinajstić information content (AvgIpc) is 3.30. The van der Waals surface area contributed by atoms with Crippen molar-refractivity contribution >= 4 is 5.82 Å². The molecule has 7 heteroatoms. The molecule has 3 atom stereocenters. The highest BCUT2D eigenvalue weighted by Crippen LogP contribution is 2.43. The summed E-state index contributed by atoms with van der Waals surface area (Å²) in [6.45, 7) is 4.11. The molecule has 1 aliphatic rings. The number of hydrogen-bond donors (Lipinski definition) is 1. The molecule has 1 aromatic carbocycles. The maximum absolute atomic E-state index is 14.4. The Morgan fingerprint density at radius 1 is 1.23 bits per heavy atom. The summed E-state index contributed by atoms with van der Waals surface area (Å²) in [5.41, 5.74) is 1.76. The number of aromatic nitrogens is 4. The number of halogens is 1. The summed E-state index contributed by atoms with van der Waals surface area (Å²) in [6, 6.07) is 9.43. The fourth-order valence-corrected chi connectivity index (χ4v) is 4.30. The van der Waals surface area contributed by atoms with Crippen molar-refractivity contribution in [1.29, 1.82) is 0 Å². The Labute approximate surface area is 176 Å². The zero-order valence-electron chi connectivity index (χ0n) is 17.7. The number of phenolic OH excluding ortho intramolecular Hbond substituents is 1. The molecule has 6 nitrogen and oxygen atoms in total. The van der Waals surface area contributed by atoms with Crippen molar-refractivity contribution in [2.75, 3.05) is 11.9 Å². The first-order valence-electron chi connectivity index (χ1n) is 10.4. The van der Waals surface area contributed by atoms with Gasteiger partial charge in [0.05, 0.1) is 17.7 Å². The van der Waals surface area contributed by atoms with E-state index in [0.29, 0.717) is 17.7 Å². The minimum absolute atomic E-state index is 0.136. The van der Waals surface area contributed by atoms with Crippen molar-refractivity contribution in [3.8, 4) is 22.7 Å². The molecule has 1 saturated carbocycles. The average molecular weight is 410 g/mol. The first-order chi connectivity index (χ1) is 14.4. The van der Waals surface area contributed by atoms with Crippen LogP contribution in [0.4, 0.5) is 10.2 Å². The fourth-order valence-electron chi connectivity index (χ4n) is 4.30. The van der Waals surface area contributed by atoms with Crippen LogP contribution < -0.4 is 4.90 Å². The molecule has 0 aliphatic heterocycles. The van der Waals surface area contributed by atoms with Gasteiger partial charge in [-0.25, -0.2) is 9.37 Å². The zero-order valence-corrected chi connectivity index (χ0v) is 17.7. The minimum Gasteiger partial charge on any atom is -0.507 e. The summed E-state index contributed by atoms with van der Waals surface area (Å²) in [5, 5.41) is 19.2. The second-order valence-corrected chi connectivity index (χ2v) is 8.47. The molecule has 2 aromatic heterocycles. The predicted octanol–water partition coefficient (Wildman–Crippen LogP) is 4.78. The van der Waals surface area contributed by atoms with Crippen molar-refractivity contribution in [3.63, 3.8) is 0 Å². The molecule has 0 amide bonds. The number of imidazole rings is 1. The van der Waals surface area contributed by atoms with Gasteiger partial charge in [0.1, 0.15) is 11.9 Å². The van der Waals surface area contributed by atoms with E-state index in [9.17, 15) is 9.50 Å². The van der Waals surface area contributed by atoms with Crippen molar-refractivity contribution < 1.29 is 9.50 Å². The number of aromatic hydroxyl groups is 1. The SMILES string of the molecule is CC[C@@]1(C)C[C@@H](N(C)c2ccc(-c3ccc(-n4ccnc4)cc3O)nn2)CC[C@@H]1F. The summed E-state index contributed by atoms with van der Waals surface area (Å²) in [7, 11) is 2.00. The second-order valence-electron chi connectivity index (χ2n) is 8.47. The highest BCUT2D eigenvalue weighted by Gasteiger charge is 2.40. The second kappa shape index (κ2) is 8.05. The van der Waals surface area contributed by atoms with Crippen LogP contribution in [0.15, 0.2) is 49.1 Å². The lowest BCUT2D eigenvalue weighted by Crippen LogP contribution is -2.45. The van der Waals surface area contributed by atoms with E-state index in [-0.39, 0.29) is 17.2 Å². The van der Waals surface area contributed by atoms with Gasteiger partial charge < -0.3 is 14.6 Å². The highest BCUT2D eigenvalue weighted by atomic mass is 19.1. The summed E-state index contributed by atoms with van der Waals surface area (Å²) in [5.74, 6) is 0.894. The zero-order chi connectivity index (χ0) is 21.3. The third-order valence-electron chi connectivity index (χ3n) is 6.64. The van der Waals surface area contributed by atoms with Crippen molar-refractivity contribution in [1.82, 2.24) is 19.7 Å². The van der Waals surface area contributed by atoms with Crippen LogP contribution in [0.5, 0.6) is 5.75 Å². The molecule has 0 saturated heterocycles. The lowest BCUT2D eigenvalue weighted by molar-refractivity contribution is 0.0575. The molecule has 158 valence electrons. The van der Waals surface area contributed by atoms with Gasteiger partial charge in [0.2, 0.25) is 0 Å². The first kappa shape index (κ1) is 20.3. The Hall–Kier alpha value is -2.96. The maximum Gasteiger partial charge on any atom is 0.151 e. The normalized spacial score (nSPS) is 24.0. The van der Waals surface area contributed by atoms with E-state index in [4.69, 9.17) is 0 Å². The number of anilines is 1. The molecule has 1 fully saturated rings. The molecular weight excluding hydrogens is 381 g/mol. The Balaban J connectivity index is 1.52. The molecule has 0 radical (unpaired) electrons. The maximum atomic E-state index is 14.4. The Morgan fingerprint density at radius 2 is 2.07 bits per heavy atom. The van der Waals surface area contributed by atoms with Crippen LogP contribution in [-0.4, -0.2) is 44.1 Å². The van der Waals surface area contributed by atoms with Crippen LogP contribution in [0.2, 0.25) is 0 Å². The van der Waals surface area contributed by atoms with Crippen LogP contribution in [0.3, 0.4) is 0 Å². The van der Waals surface area contributed by atoms with E-state index in [2.05, 4.69) is 27.0 Å². The van der Waals surface area contributed by atoms with E-state index >= 15 is 0 Å². The molecular formula is C23H28FN5O. The fraction of sp³-hybridized carbons (Fsp3) is 0.435. The Kier molecular flexibility index (Phi) is 5.45. The van der Waals surface area contributed by atoms with Gasteiger partial charge in [-0.3, -0.25) is 0 Å². The van der Waals surface area contributed by atoms with Gasteiger partial charge in [-0.05, 0) is 49.9 Å². The van der Waals surface area contributed by atoms with Crippen LogP contribution >= 0.6 is 0 Å². The highest BCUT2D eigenvalue weighted by molar-refractivity contribution is 5.69. The van der Waals surface area contributed by atoms with Gasteiger partial charge in [0.15, 0.2) is 5.82 Å². The van der Waals surface area contributed by atoms with Gasteiger partial charge in [-0.2, -0.15) is 0 Å². The Bertz CT molecular complexity index is 991. The molecule has 0 unspecified atom stereocenters. The third-order valence-corrected chi connectivity index (χ3v) is 6.64. The molecule has 2 heterocycles. The van der Waals surface area contributed by atoms with E-state index in [0.717, 1.165) is 30.8 Å². The van der Waals surface area contributed by atoms with Gasteiger partial charge in [0.25, 0.3) is 0 Å². The molecule has 0 spiro atoms. The number of nitrogens with zero attached hydrogens (tertiary/aromatic N) is 5. The van der Waals surface area contributed by atoms with Crippen LogP contribution in [0.25, 0.3) is 16.9 Å². The number of benzene rings is 1. The Morgan fingerprint density at radius 3 is 2.70 bits per heavy atom. The summed E-state index contributed by atoms with van der Waals surface area (Å²) in [4.78, 5) is 6.14. The number of rotatable bonds is 5. The first-order valence-corrected chi connectivity index (χ1v) is 10.4. The molecule has 0 bridgehead atoms. The topological polar surface area (TPSA) is 67.1 Å². The predicted molar refractivity (Wildman–Crippen MR) is 116 cm³/mol. The van der Waals surface area contributed by atoms with E-state index in [1.54, 1.807) is 18.6 Å². The third kappa shape index (κ3) is 3.76. The summed E-state index contributed by atoms with van der Waals surface area (Å²) >= 11 is 0. The van der Waals surface area contributed by atoms with Crippen molar-refractivity contribution in [2.24, 2.45) is 5.41 Å².